The fourth-order valence-electron chi connectivity index (χ4n) is 0.420. The van der Waals surface area contributed by atoms with Crippen molar-refractivity contribution in [1.82, 2.24) is 0 Å². The lowest BCUT2D eigenvalue weighted by Gasteiger charge is -1.72. The molecule has 0 saturated carbocycles. The zero-order valence-corrected chi connectivity index (χ0v) is 6.01. The van der Waals surface area contributed by atoms with Crippen LogP contribution in [0.25, 0.3) is 0 Å². The van der Waals surface area contributed by atoms with E-state index in [1.54, 1.807) is 0 Å². The summed E-state index contributed by atoms with van der Waals surface area (Å²) >= 11 is 4.81. The van der Waals surface area contributed by atoms with Crippen LogP contribution in [0.3, 0.4) is 0 Å². The largest absolute Gasteiger partial charge is 0.554 e. The number of carboxylic acid groups (broad SMARTS) is 1. The summed E-state index contributed by atoms with van der Waals surface area (Å²) in [5.74, 6) is 0. The lowest BCUT2D eigenvalue weighted by Crippen LogP contribution is -2.01. The second-order valence-corrected chi connectivity index (χ2v) is 1.88. The molecule has 0 radical (unpaired) electrons. The van der Waals surface area contributed by atoms with E-state index >= 15 is 0 Å². The monoisotopic (exact) mass is 158 g/mol. The predicted molar refractivity (Wildman–Crippen MR) is 33.1 cm³/mol. The first kappa shape index (κ1) is 8.98. The number of hydrogen-bond donors (Lipinski definition) is 0. The molecule has 54 valence electrons. The Hall–Kier alpha value is -1.02. The lowest BCUT2D eigenvalue weighted by atomic mass is 10.4. The molecule has 1 aromatic rings. The van der Waals surface area contributed by atoms with Crippen LogP contribution in [0, 0.1) is 11.6 Å². The third-order valence-electron chi connectivity index (χ3n) is 0.743. The van der Waals surface area contributed by atoms with Gasteiger partial charge in [-0.25, -0.2) is 0 Å². The predicted octanol–water partition coefficient (Wildman–Crippen LogP) is -0.251. The van der Waals surface area contributed by atoms with Gasteiger partial charge < -0.3 is 9.90 Å². The Morgan fingerprint density at radius 3 is 1.90 bits per heavy atom. The first-order chi connectivity index (χ1) is 4.81. The molecule has 0 aliphatic carbocycles. The van der Waals surface area contributed by atoms with Gasteiger partial charge in [0.25, 0.3) is 0 Å². The van der Waals surface area contributed by atoms with Crippen molar-refractivity contribution in [2.45, 2.75) is 0 Å². The van der Waals surface area contributed by atoms with Gasteiger partial charge in [-0.3, -0.25) is 0 Å². The van der Waals surface area contributed by atoms with Crippen molar-refractivity contribution >= 4 is 6.47 Å². The molecule has 0 N–H and O–H groups in total. The van der Waals surface area contributed by atoms with Crippen LogP contribution in [-0.4, -0.2) is 6.47 Å². The number of hydrogen-bond acceptors (Lipinski definition) is 2. The number of benzene rings is 1. The summed E-state index contributed by atoms with van der Waals surface area (Å²) in [5, 5.41) is 9.16. The van der Waals surface area contributed by atoms with Gasteiger partial charge in [0.15, 0.2) is 11.6 Å². The molecule has 0 amide bonds. The van der Waals surface area contributed by atoms with Gasteiger partial charge in [0.1, 0.15) is 0 Å². The maximum Gasteiger partial charge on any atom is 0.225 e. The molecule has 0 aliphatic heterocycles. The van der Waals surface area contributed by atoms with E-state index in [1.165, 1.54) is 0 Å². The summed E-state index contributed by atoms with van der Waals surface area (Å²) < 4.78 is 0. The standard InChI is InChI=1S/C6H6Cl.CH2O2/c7-6-4-2-1-3-5-6;2-1-3/h1-5,7H;1H,(H,2,3)/q+1;/p-1. The Morgan fingerprint density at radius 1 is 1.30 bits per heavy atom. The normalized spacial score (nSPS) is 7.30. The molecular formula is C7H7ClO2. The first-order valence-corrected chi connectivity index (χ1v) is 2.99. The lowest BCUT2D eigenvalue weighted by molar-refractivity contribution is -0.289. The second kappa shape index (κ2) is 6.11. The molecule has 0 aromatic heterocycles. The topological polar surface area (TPSA) is 40.1 Å². The SMILES string of the molecule is O=C[O-].[ClH+]c1ccccc1. The van der Waals surface area contributed by atoms with E-state index in [0.717, 1.165) is 5.02 Å². The van der Waals surface area contributed by atoms with E-state index in [4.69, 9.17) is 21.5 Å². The third kappa shape index (κ3) is 5.12. The highest BCUT2D eigenvalue weighted by molar-refractivity contribution is 5.29. The van der Waals surface area contributed by atoms with Gasteiger partial charge in [-0.2, -0.15) is 0 Å². The minimum Gasteiger partial charge on any atom is -0.554 e. The van der Waals surface area contributed by atoms with Crippen LogP contribution in [0.4, 0.5) is 0 Å². The van der Waals surface area contributed by atoms with Gasteiger partial charge >= 0.3 is 0 Å². The summed E-state index contributed by atoms with van der Waals surface area (Å²) in [5.41, 5.74) is 0. The minimum absolute atomic E-state index is 0.500. The molecule has 0 atom stereocenters. The van der Waals surface area contributed by atoms with Crippen molar-refractivity contribution < 1.29 is 21.5 Å². The van der Waals surface area contributed by atoms with Crippen LogP contribution < -0.4 is 5.11 Å². The highest BCUT2D eigenvalue weighted by Crippen LogP contribution is 1.94. The van der Waals surface area contributed by atoms with Crippen LogP contribution in [0.5, 0.6) is 0 Å². The van der Waals surface area contributed by atoms with E-state index in [9.17, 15) is 0 Å². The summed E-state index contributed by atoms with van der Waals surface area (Å²) in [7, 11) is 0. The highest BCUT2D eigenvalue weighted by Gasteiger charge is 1.85. The zero-order valence-electron chi connectivity index (χ0n) is 5.19. The molecule has 0 aliphatic rings. The molecule has 2 nitrogen and oxygen atoms in total. The van der Waals surface area contributed by atoms with Gasteiger partial charge in [-0.05, 0) is 0 Å². The molecule has 0 heterocycles. The molecule has 1 aromatic carbocycles. The Morgan fingerprint density at radius 2 is 1.70 bits per heavy atom. The van der Waals surface area contributed by atoms with Crippen LogP contribution in [0.1, 0.15) is 0 Å². The van der Waals surface area contributed by atoms with E-state index < -0.39 is 6.47 Å². The van der Waals surface area contributed by atoms with Crippen LogP contribution in [0.15, 0.2) is 30.3 Å². The van der Waals surface area contributed by atoms with Gasteiger partial charge in [0.2, 0.25) is 5.02 Å². The van der Waals surface area contributed by atoms with E-state index in [-0.39, 0.29) is 0 Å². The van der Waals surface area contributed by atoms with E-state index in [1.807, 2.05) is 30.3 Å². The summed E-state index contributed by atoms with van der Waals surface area (Å²) in [6.45, 7) is -0.500. The van der Waals surface area contributed by atoms with E-state index in [2.05, 4.69) is 0 Å². The molecule has 0 saturated heterocycles. The van der Waals surface area contributed by atoms with Crippen LogP contribution >= 0.6 is 0 Å². The van der Waals surface area contributed by atoms with Gasteiger partial charge in [0.05, 0.1) is 0 Å². The van der Waals surface area contributed by atoms with Gasteiger partial charge in [-0.1, -0.05) is 18.2 Å². The summed E-state index contributed by atoms with van der Waals surface area (Å²) in [6, 6.07) is 9.62. The Labute approximate surface area is 64.1 Å². The summed E-state index contributed by atoms with van der Waals surface area (Å²) in [6.07, 6.45) is 0. The number of carbonyl (C=O) groups excluding carboxylic acids is 1. The Balaban J connectivity index is 0.000000236. The van der Waals surface area contributed by atoms with Crippen molar-refractivity contribution in [3.05, 3.63) is 35.4 Å². The molecule has 10 heavy (non-hydrogen) atoms. The zero-order chi connectivity index (χ0) is 7.82. The molecule has 1 rings (SSSR count). The molecule has 0 fully saturated rings. The van der Waals surface area contributed by atoms with Crippen molar-refractivity contribution in [3.63, 3.8) is 0 Å². The van der Waals surface area contributed by atoms with Crippen molar-refractivity contribution in [2.75, 3.05) is 0 Å². The Kier molecular flexibility index (Phi) is 5.48. The molecule has 0 bridgehead atoms. The summed E-state index contributed by atoms with van der Waals surface area (Å²) in [4.78, 5) is 8.25. The fraction of sp³-hybridized carbons (Fsp3) is 0. The maximum atomic E-state index is 8.25. The quantitative estimate of drug-likeness (QED) is 0.489. The van der Waals surface area contributed by atoms with Crippen molar-refractivity contribution in [3.8, 4) is 0 Å². The molecule has 3 heteroatoms. The number of halogens is 1. The molecular weight excluding hydrogens is 152 g/mol. The molecule has 0 spiro atoms. The van der Waals surface area contributed by atoms with Gasteiger partial charge in [-0.15, -0.1) is 0 Å². The van der Waals surface area contributed by atoms with E-state index in [0.29, 0.717) is 0 Å². The second-order valence-electron chi connectivity index (χ2n) is 1.41. The average Bonchev–Trinajstić information content (AvgIpc) is 1.91. The van der Waals surface area contributed by atoms with Crippen LogP contribution in [-0.2, 0) is 4.79 Å². The number of rotatable bonds is 0. The minimum atomic E-state index is -0.500. The first-order valence-electron chi connectivity index (χ1n) is 2.59. The highest BCUT2D eigenvalue weighted by atomic mass is 35.5. The number of carbonyl (C=O) groups is 1. The van der Waals surface area contributed by atoms with Crippen LogP contribution in [0.2, 0.25) is 5.02 Å². The van der Waals surface area contributed by atoms with Gasteiger partial charge in [0, 0.05) is 18.6 Å². The smallest absolute Gasteiger partial charge is 0.225 e. The van der Waals surface area contributed by atoms with Crippen molar-refractivity contribution in [1.29, 1.82) is 0 Å². The third-order valence-corrected chi connectivity index (χ3v) is 1.02. The van der Waals surface area contributed by atoms with Crippen molar-refractivity contribution in [2.24, 2.45) is 0 Å². The fourth-order valence-corrected chi connectivity index (χ4v) is 0.578. The molecule has 0 unspecified atom stereocenters. The Bertz CT molecular complexity index is 174. The average molecular weight is 159 g/mol. The maximum absolute atomic E-state index is 8.25.